The topological polar surface area (TPSA) is 58.3 Å². The molecular formula is C13H21ClN2O. The summed E-state index contributed by atoms with van der Waals surface area (Å²) >= 11 is 5.92. The Bertz CT molecular complexity index is 378. The van der Waals surface area contributed by atoms with Gasteiger partial charge in [-0.1, -0.05) is 31.5 Å². The molecule has 96 valence electrons. The molecule has 0 radical (unpaired) electrons. The van der Waals surface area contributed by atoms with E-state index in [1.54, 1.807) is 6.07 Å². The van der Waals surface area contributed by atoms with E-state index < -0.39 is 5.60 Å². The minimum Gasteiger partial charge on any atom is -0.396 e. The predicted octanol–water partition coefficient (Wildman–Crippen LogP) is 3.13. The fourth-order valence-corrected chi connectivity index (χ4v) is 2.10. The molecule has 4 N–H and O–H groups in total. The van der Waals surface area contributed by atoms with Crippen LogP contribution in [-0.2, 0) is 0 Å². The highest BCUT2D eigenvalue weighted by molar-refractivity contribution is 6.33. The molecule has 0 aliphatic carbocycles. The fraction of sp³-hybridized carbons (Fsp3) is 0.538. The lowest BCUT2D eigenvalue weighted by Crippen LogP contribution is -2.35. The second-order valence-corrected chi connectivity index (χ2v) is 5.56. The van der Waals surface area contributed by atoms with Gasteiger partial charge in [0.1, 0.15) is 0 Å². The highest BCUT2D eigenvalue weighted by Gasteiger charge is 2.21. The number of anilines is 2. The molecule has 0 fully saturated rings. The number of halogens is 1. The van der Waals surface area contributed by atoms with Crippen LogP contribution in [0.15, 0.2) is 18.2 Å². The van der Waals surface area contributed by atoms with Crippen LogP contribution in [0.3, 0.4) is 0 Å². The first-order chi connectivity index (χ1) is 7.82. The Morgan fingerprint density at radius 3 is 2.71 bits per heavy atom. The maximum atomic E-state index is 10.2. The van der Waals surface area contributed by atoms with Gasteiger partial charge in [-0.2, -0.15) is 0 Å². The SMILES string of the molecule is CC(C)CC(C)(O)CNc1cccc(Cl)c1N. The number of nitrogens with two attached hydrogens (primary N) is 1. The first-order valence-electron chi connectivity index (χ1n) is 5.82. The van der Waals surface area contributed by atoms with Gasteiger partial charge in [-0.3, -0.25) is 0 Å². The lowest BCUT2D eigenvalue weighted by atomic mass is 9.94. The van der Waals surface area contributed by atoms with Gasteiger partial charge in [-0.25, -0.2) is 0 Å². The van der Waals surface area contributed by atoms with Crippen molar-refractivity contribution in [1.82, 2.24) is 0 Å². The number of para-hydroxylation sites is 1. The van der Waals surface area contributed by atoms with Gasteiger partial charge in [0.15, 0.2) is 0 Å². The minimum atomic E-state index is -0.747. The van der Waals surface area contributed by atoms with Gasteiger partial charge in [-0.05, 0) is 31.4 Å². The summed E-state index contributed by atoms with van der Waals surface area (Å²) in [6.45, 7) is 6.45. The van der Waals surface area contributed by atoms with Crippen LogP contribution in [0.25, 0.3) is 0 Å². The maximum Gasteiger partial charge on any atom is 0.0793 e. The third-order valence-corrected chi connectivity index (χ3v) is 2.89. The zero-order valence-corrected chi connectivity index (χ0v) is 11.4. The number of aliphatic hydroxyl groups is 1. The molecule has 0 bridgehead atoms. The largest absolute Gasteiger partial charge is 0.396 e. The summed E-state index contributed by atoms with van der Waals surface area (Å²) in [4.78, 5) is 0. The van der Waals surface area contributed by atoms with Crippen LogP contribution < -0.4 is 11.1 Å². The molecule has 0 spiro atoms. The summed E-state index contributed by atoms with van der Waals surface area (Å²) in [5.41, 5.74) is 6.38. The average Bonchev–Trinajstić information content (AvgIpc) is 2.18. The molecule has 1 atom stereocenters. The van der Waals surface area contributed by atoms with Crippen LogP contribution in [0, 0.1) is 5.92 Å². The number of nitrogens with one attached hydrogen (secondary N) is 1. The van der Waals surface area contributed by atoms with Gasteiger partial charge in [0.05, 0.1) is 22.0 Å². The summed E-state index contributed by atoms with van der Waals surface area (Å²) in [7, 11) is 0. The van der Waals surface area contributed by atoms with E-state index in [0.717, 1.165) is 12.1 Å². The molecule has 0 saturated carbocycles. The van der Waals surface area contributed by atoms with Crippen molar-refractivity contribution in [1.29, 1.82) is 0 Å². The highest BCUT2D eigenvalue weighted by atomic mass is 35.5. The molecule has 0 amide bonds. The van der Waals surface area contributed by atoms with Crippen molar-refractivity contribution >= 4 is 23.0 Å². The van der Waals surface area contributed by atoms with Crippen molar-refractivity contribution in [2.24, 2.45) is 5.92 Å². The van der Waals surface area contributed by atoms with Crippen molar-refractivity contribution in [2.45, 2.75) is 32.8 Å². The molecule has 1 aromatic carbocycles. The van der Waals surface area contributed by atoms with Crippen molar-refractivity contribution in [3.63, 3.8) is 0 Å². The van der Waals surface area contributed by atoms with E-state index in [-0.39, 0.29) is 0 Å². The van der Waals surface area contributed by atoms with E-state index in [1.165, 1.54) is 0 Å². The third kappa shape index (κ3) is 4.44. The Morgan fingerprint density at radius 1 is 1.47 bits per heavy atom. The fourth-order valence-electron chi connectivity index (χ4n) is 1.93. The second-order valence-electron chi connectivity index (χ2n) is 5.15. The van der Waals surface area contributed by atoms with E-state index in [0.29, 0.717) is 23.2 Å². The average molecular weight is 257 g/mol. The van der Waals surface area contributed by atoms with Gasteiger partial charge in [0, 0.05) is 6.54 Å². The van der Waals surface area contributed by atoms with Crippen molar-refractivity contribution < 1.29 is 5.11 Å². The smallest absolute Gasteiger partial charge is 0.0793 e. The number of hydrogen-bond acceptors (Lipinski definition) is 3. The maximum absolute atomic E-state index is 10.2. The van der Waals surface area contributed by atoms with Crippen molar-refractivity contribution in [2.75, 3.05) is 17.6 Å². The first-order valence-corrected chi connectivity index (χ1v) is 6.20. The second kappa shape index (κ2) is 5.61. The molecule has 0 heterocycles. The quantitative estimate of drug-likeness (QED) is 0.710. The monoisotopic (exact) mass is 256 g/mol. The van der Waals surface area contributed by atoms with E-state index in [2.05, 4.69) is 19.2 Å². The standard InChI is InChI=1S/C13H21ClN2O/c1-9(2)7-13(3,17)8-16-11-6-4-5-10(14)12(11)15/h4-6,9,16-17H,7-8,15H2,1-3H3. The molecule has 3 nitrogen and oxygen atoms in total. The lowest BCUT2D eigenvalue weighted by Gasteiger charge is -2.26. The zero-order valence-electron chi connectivity index (χ0n) is 10.6. The molecule has 1 unspecified atom stereocenters. The molecular weight excluding hydrogens is 236 g/mol. The number of benzene rings is 1. The Balaban J connectivity index is 2.64. The normalized spacial score (nSPS) is 14.7. The molecule has 0 aromatic heterocycles. The lowest BCUT2D eigenvalue weighted by molar-refractivity contribution is 0.0516. The van der Waals surface area contributed by atoms with Crippen LogP contribution in [0.1, 0.15) is 27.2 Å². The Labute approximate surface area is 108 Å². The Kier molecular flexibility index (Phi) is 4.66. The van der Waals surface area contributed by atoms with Gasteiger partial charge in [-0.15, -0.1) is 0 Å². The molecule has 1 aromatic rings. The van der Waals surface area contributed by atoms with Gasteiger partial charge in [0.2, 0.25) is 0 Å². The highest BCUT2D eigenvalue weighted by Crippen LogP contribution is 2.27. The molecule has 4 heteroatoms. The summed E-state index contributed by atoms with van der Waals surface area (Å²) in [6.07, 6.45) is 0.737. The van der Waals surface area contributed by atoms with E-state index in [1.807, 2.05) is 19.1 Å². The molecule has 0 saturated heterocycles. The van der Waals surface area contributed by atoms with Gasteiger partial charge >= 0.3 is 0 Å². The van der Waals surface area contributed by atoms with E-state index >= 15 is 0 Å². The van der Waals surface area contributed by atoms with Crippen LogP contribution >= 0.6 is 11.6 Å². The third-order valence-electron chi connectivity index (χ3n) is 2.56. The van der Waals surface area contributed by atoms with Gasteiger partial charge in [0.25, 0.3) is 0 Å². The van der Waals surface area contributed by atoms with Crippen LogP contribution in [0.4, 0.5) is 11.4 Å². The van der Waals surface area contributed by atoms with Crippen molar-refractivity contribution in [3.05, 3.63) is 23.2 Å². The summed E-state index contributed by atoms with van der Waals surface area (Å²) in [5.74, 6) is 0.448. The van der Waals surface area contributed by atoms with Crippen molar-refractivity contribution in [3.8, 4) is 0 Å². The molecule has 1 rings (SSSR count). The number of nitrogen functional groups attached to an aromatic ring is 1. The minimum absolute atomic E-state index is 0.448. The summed E-state index contributed by atoms with van der Waals surface area (Å²) in [6, 6.07) is 5.43. The summed E-state index contributed by atoms with van der Waals surface area (Å²) < 4.78 is 0. The predicted molar refractivity (Wildman–Crippen MR) is 74.4 cm³/mol. The number of hydrogen-bond donors (Lipinski definition) is 3. The van der Waals surface area contributed by atoms with E-state index in [9.17, 15) is 5.11 Å². The van der Waals surface area contributed by atoms with Crippen LogP contribution in [0.2, 0.25) is 5.02 Å². The van der Waals surface area contributed by atoms with Gasteiger partial charge < -0.3 is 16.2 Å². The number of rotatable bonds is 5. The Morgan fingerprint density at radius 2 is 2.12 bits per heavy atom. The van der Waals surface area contributed by atoms with Crippen LogP contribution in [-0.4, -0.2) is 17.3 Å². The Hall–Kier alpha value is -0.930. The summed E-state index contributed by atoms with van der Waals surface area (Å²) in [5, 5.41) is 13.8. The van der Waals surface area contributed by atoms with Crippen LogP contribution in [0.5, 0.6) is 0 Å². The molecule has 17 heavy (non-hydrogen) atoms. The van der Waals surface area contributed by atoms with E-state index in [4.69, 9.17) is 17.3 Å². The first kappa shape index (κ1) is 14.1. The molecule has 0 aliphatic heterocycles. The zero-order chi connectivity index (χ0) is 13.1. The molecule has 0 aliphatic rings.